The lowest BCUT2D eigenvalue weighted by atomic mass is 10.1. The van der Waals surface area contributed by atoms with Crippen molar-refractivity contribution in [1.82, 2.24) is 9.47 Å². The van der Waals surface area contributed by atoms with Gasteiger partial charge in [0.25, 0.3) is 0 Å². The minimum atomic E-state index is -0.433. The van der Waals surface area contributed by atoms with Gasteiger partial charge in [0.15, 0.2) is 0 Å². The van der Waals surface area contributed by atoms with Crippen molar-refractivity contribution in [3.63, 3.8) is 0 Å². The third-order valence-electron chi connectivity index (χ3n) is 4.79. The number of rotatable bonds is 4. The standard InChI is InChI=1S/C22H22N2O2/c1-2-26-22(25)21-20-13-8-14-24(20)19-12-7-6-11-18(19)16-23(21)15-17-9-4-3-5-10-17/h3-14,21H,2,15-16H2,1H3. The topological polar surface area (TPSA) is 34.5 Å². The van der Waals surface area contributed by atoms with Crippen molar-refractivity contribution in [3.8, 4) is 5.69 Å². The number of aromatic nitrogens is 1. The maximum atomic E-state index is 12.9. The molecule has 1 aromatic heterocycles. The van der Waals surface area contributed by atoms with Crippen LogP contribution < -0.4 is 0 Å². The fourth-order valence-electron chi connectivity index (χ4n) is 3.67. The van der Waals surface area contributed by atoms with Gasteiger partial charge < -0.3 is 9.30 Å². The van der Waals surface area contributed by atoms with Gasteiger partial charge in [-0.1, -0.05) is 48.5 Å². The second kappa shape index (κ2) is 7.18. The summed E-state index contributed by atoms with van der Waals surface area (Å²) in [5.74, 6) is -0.198. The molecule has 1 atom stereocenters. The number of para-hydroxylation sites is 1. The molecule has 3 aromatic rings. The number of esters is 1. The molecule has 4 nitrogen and oxygen atoms in total. The highest BCUT2D eigenvalue weighted by atomic mass is 16.5. The molecule has 4 rings (SSSR count). The summed E-state index contributed by atoms with van der Waals surface area (Å²) in [6.07, 6.45) is 2.02. The van der Waals surface area contributed by atoms with E-state index in [1.165, 1.54) is 11.1 Å². The third kappa shape index (κ3) is 3.04. The highest BCUT2D eigenvalue weighted by molar-refractivity contribution is 5.78. The molecule has 2 heterocycles. The van der Waals surface area contributed by atoms with Gasteiger partial charge in [0.2, 0.25) is 0 Å². The van der Waals surface area contributed by atoms with Crippen molar-refractivity contribution in [3.05, 3.63) is 89.7 Å². The van der Waals surface area contributed by atoms with Crippen LogP contribution in [0, 0.1) is 0 Å². The smallest absolute Gasteiger partial charge is 0.329 e. The zero-order valence-electron chi connectivity index (χ0n) is 14.8. The number of benzene rings is 2. The second-order valence-corrected chi connectivity index (χ2v) is 6.48. The summed E-state index contributed by atoms with van der Waals surface area (Å²) in [5, 5.41) is 0. The van der Waals surface area contributed by atoms with Crippen LogP contribution in [0.25, 0.3) is 5.69 Å². The molecule has 2 aromatic carbocycles. The van der Waals surface area contributed by atoms with E-state index in [4.69, 9.17) is 4.74 Å². The van der Waals surface area contributed by atoms with E-state index in [1.54, 1.807) is 0 Å². The molecule has 1 aliphatic rings. The molecule has 0 amide bonds. The normalized spacial score (nSPS) is 16.4. The minimum absolute atomic E-state index is 0.198. The molecule has 0 bridgehead atoms. The summed E-state index contributed by atoms with van der Waals surface area (Å²) in [6.45, 7) is 3.60. The highest BCUT2D eigenvalue weighted by Gasteiger charge is 2.34. The number of hydrogen-bond donors (Lipinski definition) is 0. The molecule has 1 unspecified atom stereocenters. The van der Waals surface area contributed by atoms with Gasteiger partial charge in [0, 0.05) is 25.0 Å². The zero-order valence-corrected chi connectivity index (χ0v) is 14.8. The van der Waals surface area contributed by atoms with Crippen molar-refractivity contribution < 1.29 is 9.53 Å². The molecule has 0 saturated heterocycles. The Morgan fingerprint density at radius 2 is 1.81 bits per heavy atom. The number of carbonyl (C=O) groups is 1. The van der Waals surface area contributed by atoms with E-state index in [2.05, 4.69) is 33.7 Å². The second-order valence-electron chi connectivity index (χ2n) is 6.48. The Balaban J connectivity index is 1.81. The summed E-state index contributed by atoms with van der Waals surface area (Å²) in [6, 6.07) is 22.2. The first-order valence-corrected chi connectivity index (χ1v) is 8.98. The Labute approximate surface area is 153 Å². The average Bonchev–Trinajstić information content (AvgIpc) is 3.08. The van der Waals surface area contributed by atoms with Gasteiger partial charge in [-0.15, -0.1) is 0 Å². The first-order valence-electron chi connectivity index (χ1n) is 8.98. The van der Waals surface area contributed by atoms with E-state index < -0.39 is 6.04 Å². The SMILES string of the molecule is CCOC(=O)C1c2cccn2-c2ccccc2CN1Cc1ccccc1. The molecule has 0 spiro atoms. The van der Waals surface area contributed by atoms with Crippen LogP contribution in [0.1, 0.15) is 29.8 Å². The van der Waals surface area contributed by atoms with Crippen LogP contribution in [0.2, 0.25) is 0 Å². The van der Waals surface area contributed by atoms with Crippen molar-refractivity contribution in [2.24, 2.45) is 0 Å². The lowest BCUT2D eigenvalue weighted by Gasteiger charge is -2.28. The molecule has 0 aliphatic carbocycles. The molecule has 26 heavy (non-hydrogen) atoms. The van der Waals surface area contributed by atoms with E-state index in [-0.39, 0.29) is 5.97 Å². The fraction of sp³-hybridized carbons (Fsp3) is 0.227. The Bertz CT molecular complexity index is 901. The lowest BCUT2D eigenvalue weighted by molar-refractivity contribution is -0.150. The molecule has 0 N–H and O–H groups in total. The predicted octanol–water partition coefficient (Wildman–Crippen LogP) is 4.10. The van der Waals surface area contributed by atoms with Crippen molar-refractivity contribution in [2.75, 3.05) is 6.61 Å². The molecule has 4 heteroatoms. The van der Waals surface area contributed by atoms with E-state index in [1.807, 2.05) is 55.6 Å². The van der Waals surface area contributed by atoms with E-state index in [0.29, 0.717) is 19.7 Å². The van der Waals surface area contributed by atoms with Crippen LogP contribution in [0.4, 0.5) is 0 Å². The van der Waals surface area contributed by atoms with Crippen molar-refractivity contribution in [1.29, 1.82) is 0 Å². The summed E-state index contributed by atoms with van der Waals surface area (Å²) in [4.78, 5) is 15.1. The van der Waals surface area contributed by atoms with E-state index in [0.717, 1.165) is 11.4 Å². The number of hydrogen-bond acceptors (Lipinski definition) is 3. The Hall–Kier alpha value is -2.85. The predicted molar refractivity (Wildman–Crippen MR) is 101 cm³/mol. The van der Waals surface area contributed by atoms with Crippen LogP contribution in [-0.4, -0.2) is 22.0 Å². The third-order valence-corrected chi connectivity index (χ3v) is 4.79. The van der Waals surface area contributed by atoms with E-state index in [9.17, 15) is 4.79 Å². The van der Waals surface area contributed by atoms with Gasteiger partial charge in [-0.05, 0) is 36.2 Å². The summed E-state index contributed by atoms with van der Waals surface area (Å²) >= 11 is 0. The molecule has 0 saturated carbocycles. The highest BCUT2D eigenvalue weighted by Crippen LogP contribution is 2.34. The molecule has 1 aliphatic heterocycles. The van der Waals surface area contributed by atoms with Gasteiger partial charge >= 0.3 is 5.97 Å². The Kier molecular flexibility index (Phi) is 4.59. The summed E-state index contributed by atoms with van der Waals surface area (Å²) in [5.41, 5.74) is 4.45. The molecule has 0 fully saturated rings. The zero-order chi connectivity index (χ0) is 17.9. The lowest BCUT2D eigenvalue weighted by Crippen LogP contribution is -2.34. The maximum Gasteiger partial charge on any atom is 0.329 e. The van der Waals surface area contributed by atoms with Crippen LogP contribution in [0.3, 0.4) is 0 Å². The van der Waals surface area contributed by atoms with Crippen LogP contribution in [-0.2, 0) is 22.6 Å². The maximum absolute atomic E-state index is 12.9. The van der Waals surface area contributed by atoms with Crippen LogP contribution in [0.15, 0.2) is 72.9 Å². The number of ether oxygens (including phenoxy) is 1. The molecular formula is C22H22N2O2. The number of nitrogens with zero attached hydrogens (tertiary/aromatic N) is 2. The quantitative estimate of drug-likeness (QED) is 0.667. The van der Waals surface area contributed by atoms with E-state index >= 15 is 0 Å². The van der Waals surface area contributed by atoms with Crippen molar-refractivity contribution in [2.45, 2.75) is 26.1 Å². The first-order chi connectivity index (χ1) is 12.8. The molecular weight excluding hydrogens is 324 g/mol. The Morgan fingerprint density at radius 1 is 1.04 bits per heavy atom. The number of fused-ring (bicyclic) bond motifs is 3. The van der Waals surface area contributed by atoms with Gasteiger partial charge in [0.05, 0.1) is 12.3 Å². The number of carbonyl (C=O) groups excluding carboxylic acids is 1. The van der Waals surface area contributed by atoms with Gasteiger partial charge in [-0.2, -0.15) is 0 Å². The summed E-state index contributed by atoms with van der Waals surface area (Å²) < 4.78 is 7.55. The Morgan fingerprint density at radius 3 is 2.62 bits per heavy atom. The van der Waals surface area contributed by atoms with Gasteiger partial charge in [-0.25, -0.2) is 4.79 Å². The summed E-state index contributed by atoms with van der Waals surface area (Å²) in [7, 11) is 0. The fourth-order valence-corrected chi connectivity index (χ4v) is 3.67. The van der Waals surface area contributed by atoms with Crippen LogP contribution >= 0.6 is 0 Å². The molecule has 132 valence electrons. The van der Waals surface area contributed by atoms with Gasteiger partial charge in [-0.3, -0.25) is 4.90 Å². The molecule has 0 radical (unpaired) electrons. The average molecular weight is 346 g/mol. The minimum Gasteiger partial charge on any atom is -0.465 e. The first kappa shape index (κ1) is 16.6. The van der Waals surface area contributed by atoms with Crippen molar-refractivity contribution >= 4 is 5.97 Å². The van der Waals surface area contributed by atoms with Crippen LogP contribution in [0.5, 0.6) is 0 Å². The monoisotopic (exact) mass is 346 g/mol. The largest absolute Gasteiger partial charge is 0.465 e. The van der Waals surface area contributed by atoms with Gasteiger partial charge in [0.1, 0.15) is 6.04 Å².